The Kier molecular flexibility index (Phi) is 3.74. The lowest BCUT2D eigenvalue weighted by Crippen LogP contribution is -2.50. The predicted octanol–water partition coefficient (Wildman–Crippen LogP) is 1.46. The van der Waals surface area contributed by atoms with Gasteiger partial charge in [0, 0.05) is 23.7 Å². The number of aromatic nitrogens is 2. The van der Waals surface area contributed by atoms with E-state index in [2.05, 4.69) is 20.6 Å². The molecule has 3 heterocycles. The zero-order chi connectivity index (χ0) is 14.8. The summed E-state index contributed by atoms with van der Waals surface area (Å²) in [6.07, 6.45) is 3.31. The van der Waals surface area contributed by atoms with E-state index in [1.807, 2.05) is 12.3 Å². The highest BCUT2D eigenvalue weighted by molar-refractivity contribution is 7.09. The summed E-state index contributed by atoms with van der Waals surface area (Å²) in [5.41, 5.74) is 2.16. The summed E-state index contributed by atoms with van der Waals surface area (Å²) in [5.74, 6) is -0.383. The molecule has 1 aliphatic heterocycles. The van der Waals surface area contributed by atoms with Crippen molar-refractivity contribution in [1.82, 2.24) is 20.6 Å². The molecule has 2 aromatic rings. The lowest BCUT2D eigenvalue weighted by Gasteiger charge is -2.22. The molecule has 0 spiro atoms. The van der Waals surface area contributed by atoms with Gasteiger partial charge in [-0.25, -0.2) is 4.98 Å². The van der Waals surface area contributed by atoms with Crippen LogP contribution in [-0.4, -0.2) is 34.4 Å². The van der Waals surface area contributed by atoms with E-state index >= 15 is 0 Å². The minimum absolute atomic E-state index is 0.114. The number of hydrogen-bond acceptors (Lipinski definition) is 4. The van der Waals surface area contributed by atoms with E-state index in [1.165, 1.54) is 0 Å². The third-order valence-corrected chi connectivity index (χ3v) is 4.21. The molecule has 1 fully saturated rings. The van der Waals surface area contributed by atoms with Gasteiger partial charge < -0.3 is 15.6 Å². The first-order valence-electron chi connectivity index (χ1n) is 6.83. The summed E-state index contributed by atoms with van der Waals surface area (Å²) in [5, 5.41) is 8.44. The molecule has 3 N–H and O–H groups in total. The molecule has 0 bridgehead atoms. The number of carbonyl (C=O) groups is 2. The molecule has 1 unspecified atom stereocenters. The monoisotopic (exact) mass is 304 g/mol. The van der Waals surface area contributed by atoms with Crippen LogP contribution in [0.2, 0.25) is 0 Å². The van der Waals surface area contributed by atoms with Crippen LogP contribution in [0.5, 0.6) is 0 Å². The van der Waals surface area contributed by atoms with Gasteiger partial charge >= 0.3 is 0 Å². The van der Waals surface area contributed by atoms with E-state index in [0.29, 0.717) is 18.7 Å². The van der Waals surface area contributed by atoms with Crippen LogP contribution in [0.15, 0.2) is 17.6 Å². The SMILES string of the molecule is Cc1nc(-c2c[nH]c(C(=O)NC3CCCNC3=O)c2)cs1. The number of amides is 2. The highest BCUT2D eigenvalue weighted by Crippen LogP contribution is 2.22. The summed E-state index contributed by atoms with van der Waals surface area (Å²) >= 11 is 1.57. The third kappa shape index (κ3) is 2.97. The van der Waals surface area contributed by atoms with E-state index in [4.69, 9.17) is 0 Å². The molecule has 0 radical (unpaired) electrons. The van der Waals surface area contributed by atoms with E-state index in [1.54, 1.807) is 23.6 Å². The van der Waals surface area contributed by atoms with Gasteiger partial charge in [-0.05, 0) is 25.8 Å². The fourth-order valence-electron chi connectivity index (χ4n) is 2.32. The Morgan fingerprint density at radius 1 is 1.52 bits per heavy atom. The van der Waals surface area contributed by atoms with Gasteiger partial charge in [-0.2, -0.15) is 0 Å². The molecule has 7 heteroatoms. The van der Waals surface area contributed by atoms with Crippen molar-refractivity contribution in [2.24, 2.45) is 0 Å². The second kappa shape index (κ2) is 5.69. The first-order chi connectivity index (χ1) is 10.1. The second-order valence-electron chi connectivity index (χ2n) is 5.01. The van der Waals surface area contributed by atoms with Crippen LogP contribution in [0.1, 0.15) is 28.3 Å². The highest BCUT2D eigenvalue weighted by Gasteiger charge is 2.24. The molecule has 21 heavy (non-hydrogen) atoms. The summed E-state index contributed by atoms with van der Waals surface area (Å²) in [4.78, 5) is 31.1. The highest BCUT2D eigenvalue weighted by atomic mass is 32.1. The fraction of sp³-hybridized carbons (Fsp3) is 0.357. The Labute approximate surface area is 126 Å². The lowest BCUT2D eigenvalue weighted by atomic mass is 10.1. The number of carbonyl (C=O) groups excluding carboxylic acids is 2. The van der Waals surface area contributed by atoms with Crippen molar-refractivity contribution in [3.05, 3.63) is 28.3 Å². The standard InChI is InChI=1S/C14H16N4O2S/c1-8-17-12(7-21-8)9-5-11(16-6-9)14(20)18-10-3-2-4-15-13(10)19/h5-7,10,16H,2-4H2,1H3,(H,15,19)(H,18,20). The second-order valence-corrected chi connectivity index (χ2v) is 6.08. The van der Waals surface area contributed by atoms with Crippen LogP contribution in [0, 0.1) is 6.92 Å². The van der Waals surface area contributed by atoms with Gasteiger partial charge in [-0.3, -0.25) is 9.59 Å². The topological polar surface area (TPSA) is 86.9 Å². The molecule has 0 aromatic carbocycles. The van der Waals surface area contributed by atoms with Crippen molar-refractivity contribution in [3.63, 3.8) is 0 Å². The maximum atomic E-state index is 12.2. The summed E-state index contributed by atoms with van der Waals surface area (Å²) in [6, 6.07) is 1.31. The van der Waals surface area contributed by atoms with Crippen molar-refractivity contribution in [2.75, 3.05) is 6.54 Å². The summed E-state index contributed by atoms with van der Waals surface area (Å²) < 4.78 is 0. The van der Waals surface area contributed by atoms with Crippen molar-refractivity contribution >= 4 is 23.2 Å². The van der Waals surface area contributed by atoms with Gasteiger partial charge in [0.15, 0.2) is 0 Å². The first-order valence-corrected chi connectivity index (χ1v) is 7.71. The zero-order valence-electron chi connectivity index (χ0n) is 11.6. The molecule has 1 aliphatic rings. The van der Waals surface area contributed by atoms with Gasteiger partial charge in [-0.15, -0.1) is 11.3 Å². The summed E-state index contributed by atoms with van der Waals surface area (Å²) in [7, 11) is 0. The average molecular weight is 304 g/mol. The maximum Gasteiger partial charge on any atom is 0.268 e. The maximum absolute atomic E-state index is 12.2. The quantitative estimate of drug-likeness (QED) is 0.802. The average Bonchev–Trinajstić information content (AvgIpc) is 3.10. The number of rotatable bonds is 3. The zero-order valence-corrected chi connectivity index (χ0v) is 12.4. The molecule has 1 atom stereocenters. The van der Waals surface area contributed by atoms with E-state index in [0.717, 1.165) is 22.7 Å². The van der Waals surface area contributed by atoms with Gasteiger partial charge in [0.2, 0.25) is 5.91 Å². The van der Waals surface area contributed by atoms with Crippen LogP contribution < -0.4 is 10.6 Å². The number of nitrogens with one attached hydrogen (secondary N) is 3. The molecular formula is C14H16N4O2S. The number of hydrogen-bond donors (Lipinski definition) is 3. The number of thiazole rings is 1. The lowest BCUT2D eigenvalue weighted by molar-refractivity contribution is -0.124. The van der Waals surface area contributed by atoms with Gasteiger partial charge in [0.25, 0.3) is 5.91 Å². The van der Waals surface area contributed by atoms with Crippen LogP contribution in [0.25, 0.3) is 11.3 Å². The van der Waals surface area contributed by atoms with Crippen molar-refractivity contribution in [3.8, 4) is 11.3 Å². The van der Waals surface area contributed by atoms with Crippen molar-refractivity contribution in [2.45, 2.75) is 25.8 Å². The Morgan fingerprint density at radius 3 is 3.10 bits per heavy atom. The number of nitrogens with zero attached hydrogens (tertiary/aromatic N) is 1. The van der Waals surface area contributed by atoms with Gasteiger partial charge in [0.05, 0.1) is 10.7 Å². The van der Waals surface area contributed by atoms with Gasteiger partial charge in [0.1, 0.15) is 11.7 Å². The van der Waals surface area contributed by atoms with Crippen molar-refractivity contribution in [1.29, 1.82) is 0 Å². The number of piperidine rings is 1. The van der Waals surface area contributed by atoms with E-state index in [9.17, 15) is 9.59 Å². The number of aromatic amines is 1. The Hall–Kier alpha value is -2.15. The Morgan fingerprint density at radius 2 is 2.38 bits per heavy atom. The van der Waals surface area contributed by atoms with Crippen molar-refractivity contribution < 1.29 is 9.59 Å². The van der Waals surface area contributed by atoms with E-state index < -0.39 is 6.04 Å². The predicted molar refractivity (Wildman–Crippen MR) is 80.1 cm³/mol. The van der Waals surface area contributed by atoms with Gasteiger partial charge in [-0.1, -0.05) is 0 Å². The number of aryl methyl sites for hydroxylation is 1. The molecule has 1 saturated heterocycles. The Bertz CT molecular complexity index is 676. The molecule has 0 saturated carbocycles. The number of H-pyrrole nitrogens is 1. The molecule has 2 aromatic heterocycles. The molecule has 0 aliphatic carbocycles. The first kappa shape index (κ1) is 13.8. The smallest absolute Gasteiger partial charge is 0.268 e. The minimum Gasteiger partial charge on any atom is -0.357 e. The largest absolute Gasteiger partial charge is 0.357 e. The third-order valence-electron chi connectivity index (χ3n) is 3.43. The Balaban J connectivity index is 1.70. The molecule has 110 valence electrons. The van der Waals surface area contributed by atoms with Crippen LogP contribution in [0.3, 0.4) is 0 Å². The normalized spacial score (nSPS) is 18.3. The molecule has 6 nitrogen and oxygen atoms in total. The molecule has 2 amide bonds. The van der Waals surface area contributed by atoms with Crippen LogP contribution >= 0.6 is 11.3 Å². The molecular weight excluding hydrogens is 288 g/mol. The summed E-state index contributed by atoms with van der Waals surface area (Å²) in [6.45, 7) is 2.62. The van der Waals surface area contributed by atoms with E-state index in [-0.39, 0.29) is 11.8 Å². The van der Waals surface area contributed by atoms with Crippen LogP contribution in [-0.2, 0) is 4.79 Å². The fourth-order valence-corrected chi connectivity index (χ4v) is 2.94. The molecule has 3 rings (SSSR count). The van der Waals surface area contributed by atoms with Crippen LogP contribution in [0.4, 0.5) is 0 Å². The minimum atomic E-state index is -0.445.